The molecule has 2 aromatic heterocycles. The van der Waals surface area contributed by atoms with E-state index in [-0.39, 0.29) is 11.8 Å². The molecule has 5 heteroatoms. The van der Waals surface area contributed by atoms with Gasteiger partial charge < -0.3 is 10.3 Å². The summed E-state index contributed by atoms with van der Waals surface area (Å²) in [5.74, 6) is 0.287. The highest BCUT2D eigenvalue weighted by Crippen LogP contribution is 2.27. The standard InChI is InChI=1S/C18H19N3OS/c22-18(12-5-6-16-17(9-12)23-11-21-16)19-8-7-13-10-20-15-4-2-1-3-14(13)15/h1-4,10-12,20H,5-9H2,(H,19,22). The van der Waals surface area contributed by atoms with Gasteiger partial charge in [0.1, 0.15) is 0 Å². The van der Waals surface area contributed by atoms with E-state index in [1.807, 2.05) is 23.8 Å². The highest BCUT2D eigenvalue weighted by molar-refractivity contribution is 7.09. The molecule has 118 valence electrons. The number of nitrogens with zero attached hydrogens (tertiary/aromatic N) is 1. The van der Waals surface area contributed by atoms with E-state index in [0.717, 1.165) is 31.2 Å². The van der Waals surface area contributed by atoms with Crippen molar-refractivity contribution in [2.75, 3.05) is 6.54 Å². The van der Waals surface area contributed by atoms with Gasteiger partial charge in [-0.05, 0) is 37.3 Å². The van der Waals surface area contributed by atoms with Crippen molar-refractivity contribution in [1.29, 1.82) is 0 Å². The number of aromatic amines is 1. The third kappa shape index (κ3) is 2.88. The van der Waals surface area contributed by atoms with Crippen LogP contribution in [0.1, 0.15) is 22.6 Å². The van der Waals surface area contributed by atoms with Crippen LogP contribution in [-0.2, 0) is 24.1 Å². The topological polar surface area (TPSA) is 57.8 Å². The monoisotopic (exact) mass is 325 g/mol. The average molecular weight is 325 g/mol. The molecule has 3 aromatic rings. The van der Waals surface area contributed by atoms with Crippen molar-refractivity contribution in [2.45, 2.75) is 25.7 Å². The number of rotatable bonds is 4. The molecule has 1 atom stereocenters. The molecular formula is C18H19N3OS. The van der Waals surface area contributed by atoms with E-state index in [9.17, 15) is 4.79 Å². The molecule has 1 aliphatic carbocycles. The molecule has 0 spiro atoms. The molecule has 0 saturated heterocycles. The summed E-state index contributed by atoms with van der Waals surface area (Å²) in [7, 11) is 0. The Morgan fingerprint density at radius 2 is 2.30 bits per heavy atom. The highest BCUT2D eigenvalue weighted by Gasteiger charge is 2.25. The van der Waals surface area contributed by atoms with Crippen LogP contribution in [0.15, 0.2) is 36.0 Å². The van der Waals surface area contributed by atoms with Crippen LogP contribution in [0.25, 0.3) is 10.9 Å². The van der Waals surface area contributed by atoms with E-state index in [1.165, 1.54) is 21.5 Å². The second-order valence-corrected chi connectivity index (χ2v) is 7.00. The van der Waals surface area contributed by atoms with E-state index >= 15 is 0 Å². The van der Waals surface area contributed by atoms with Gasteiger partial charge in [0.25, 0.3) is 0 Å². The fourth-order valence-electron chi connectivity index (χ4n) is 3.33. The number of aromatic nitrogens is 2. The predicted molar refractivity (Wildman–Crippen MR) is 92.6 cm³/mol. The van der Waals surface area contributed by atoms with Crippen LogP contribution in [-0.4, -0.2) is 22.4 Å². The van der Waals surface area contributed by atoms with E-state index in [4.69, 9.17) is 0 Å². The smallest absolute Gasteiger partial charge is 0.223 e. The number of aryl methyl sites for hydroxylation is 1. The predicted octanol–water partition coefficient (Wildman–Crippen LogP) is 3.09. The molecule has 1 unspecified atom stereocenters. The fourth-order valence-corrected chi connectivity index (χ4v) is 4.22. The van der Waals surface area contributed by atoms with Gasteiger partial charge in [-0.15, -0.1) is 11.3 Å². The van der Waals surface area contributed by atoms with Gasteiger partial charge in [0.2, 0.25) is 5.91 Å². The van der Waals surface area contributed by atoms with Gasteiger partial charge >= 0.3 is 0 Å². The first-order valence-corrected chi connectivity index (χ1v) is 8.93. The van der Waals surface area contributed by atoms with Gasteiger partial charge in [-0.25, -0.2) is 4.98 Å². The molecule has 1 amide bonds. The summed E-state index contributed by atoms with van der Waals surface area (Å²) in [4.78, 5) is 21.3. The summed E-state index contributed by atoms with van der Waals surface area (Å²) in [6, 6.07) is 8.27. The Balaban J connectivity index is 1.34. The molecule has 1 aromatic carbocycles. The maximum atomic E-state index is 12.4. The number of amides is 1. The van der Waals surface area contributed by atoms with Gasteiger partial charge in [0, 0.05) is 34.4 Å². The molecular weight excluding hydrogens is 306 g/mol. The Bertz CT molecular complexity index is 836. The molecule has 0 saturated carbocycles. The van der Waals surface area contributed by atoms with Crippen molar-refractivity contribution in [3.8, 4) is 0 Å². The zero-order valence-electron chi connectivity index (χ0n) is 12.8. The number of para-hydroxylation sites is 1. The maximum Gasteiger partial charge on any atom is 0.223 e. The zero-order chi connectivity index (χ0) is 15.6. The number of hydrogen-bond donors (Lipinski definition) is 2. The molecule has 4 rings (SSSR count). The number of thiazole rings is 1. The van der Waals surface area contributed by atoms with Crippen LogP contribution in [0.4, 0.5) is 0 Å². The summed E-state index contributed by atoms with van der Waals surface area (Å²) >= 11 is 1.67. The Morgan fingerprint density at radius 3 is 3.26 bits per heavy atom. The summed E-state index contributed by atoms with van der Waals surface area (Å²) in [6.45, 7) is 0.687. The minimum atomic E-state index is 0.103. The van der Waals surface area contributed by atoms with Gasteiger partial charge in [0.05, 0.1) is 11.2 Å². The van der Waals surface area contributed by atoms with Gasteiger partial charge in [-0.2, -0.15) is 0 Å². The molecule has 4 nitrogen and oxygen atoms in total. The fraction of sp³-hybridized carbons (Fsp3) is 0.333. The van der Waals surface area contributed by atoms with Gasteiger partial charge in [-0.1, -0.05) is 18.2 Å². The lowest BCUT2D eigenvalue weighted by molar-refractivity contribution is -0.125. The van der Waals surface area contributed by atoms with Crippen LogP contribution in [0, 0.1) is 5.92 Å². The number of benzene rings is 1. The second kappa shape index (κ2) is 6.16. The van der Waals surface area contributed by atoms with E-state index < -0.39 is 0 Å². The zero-order valence-corrected chi connectivity index (χ0v) is 13.7. The lowest BCUT2D eigenvalue weighted by Crippen LogP contribution is -2.35. The van der Waals surface area contributed by atoms with E-state index in [1.54, 1.807) is 11.3 Å². The largest absolute Gasteiger partial charge is 0.361 e. The SMILES string of the molecule is O=C(NCCc1c[nH]c2ccccc12)C1CCc2ncsc2C1. The lowest BCUT2D eigenvalue weighted by Gasteiger charge is -2.20. The Morgan fingerprint density at radius 1 is 1.39 bits per heavy atom. The lowest BCUT2D eigenvalue weighted by atomic mass is 9.90. The van der Waals surface area contributed by atoms with Gasteiger partial charge in [-0.3, -0.25) is 4.79 Å². The molecule has 2 heterocycles. The molecule has 0 fully saturated rings. The highest BCUT2D eigenvalue weighted by atomic mass is 32.1. The van der Waals surface area contributed by atoms with Crippen molar-refractivity contribution in [3.63, 3.8) is 0 Å². The number of nitrogens with one attached hydrogen (secondary N) is 2. The van der Waals surface area contributed by atoms with Crippen LogP contribution in [0.2, 0.25) is 0 Å². The third-order valence-electron chi connectivity index (χ3n) is 4.63. The number of fused-ring (bicyclic) bond motifs is 2. The molecule has 1 aliphatic rings. The van der Waals surface area contributed by atoms with Crippen LogP contribution >= 0.6 is 11.3 Å². The maximum absolute atomic E-state index is 12.4. The molecule has 23 heavy (non-hydrogen) atoms. The van der Waals surface area contributed by atoms with Crippen LogP contribution in [0.5, 0.6) is 0 Å². The van der Waals surface area contributed by atoms with Crippen LogP contribution in [0.3, 0.4) is 0 Å². The average Bonchev–Trinajstić information content (AvgIpc) is 3.21. The van der Waals surface area contributed by atoms with E-state index in [0.29, 0.717) is 6.54 Å². The van der Waals surface area contributed by atoms with E-state index in [2.05, 4.69) is 27.4 Å². The Hall–Kier alpha value is -2.14. The quantitative estimate of drug-likeness (QED) is 0.774. The number of H-pyrrole nitrogens is 1. The van der Waals surface area contributed by atoms with Crippen molar-refractivity contribution in [3.05, 3.63) is 52.1 Å². The molecule has 2 N–H and O–H groups in total. The minimum Gasteiger partial charge on any atom is -0.361 e. The number of carbonyl (C=O) groups is 1. The first-order valence-electron chi connectivity index (χ1n) is 8.05. The third-order valence-corrected chi connectivity index (χ3v) is 5.52. The first-order chi connectivity index (χ1) is 11.3. The summed E-state index contributed by atoms with van der Waals surface area (Å²) < 4.78 is 0. The van der Waals surface area contributed by atoms with Crippen molar-refractivity contribution < 1.29 is 4.79 Å². The summed E-state index contributed by atoms with van der Waals surface area (Å²) in [6.07, 6.45) is 5.59. The van der Waals surface area contributed by atoms with Crippen molar-refractivity contribution >= 4 is 28.1 Å². The van der Waals surface area contributed by atoms with Gasteiger partial charge in [0.15, 0.2) is 0 Å². The number of carbonyl (C=O) groups excluding carboxylic acids is 1. The normalized spacial score (nSPS) is 17.1. The first kappa shape index (κ1) is 14.5. The summed E-state index contributed by atoms with van der Waals surface area (Å²) in [5.41, 5.74) is 5.49. The molecule has 0 aliphatic heterocycles. The summed E-state index contributed by atoms with van der Waals surface area (Å²) in [5, 5.41) is 4.35. The minimum absolute atomic E-state index is 0.103. The Labute approximate surface area is 138 Å². The molecule has 0 bridgehead atoms. The second-order valence-electron chi connectivity index (χ2n) is 6.06. The Kier molecular flexibility index (Phi) is 3.87. The van der Waals surface area contributed by atoms with Crippen molar-refractivity contribution in [1.82, 2.24) is 15.3 Å². The van der Waals surface area contributed by atoms with Crippen molar-refractivity contribution in [2.24, 2.45) is 5.92 Å². The number of hydrogen-bond acceptors (Lipinski definition) is 3. The molecule has 0 radical (unpaired) electrons. The van der Waals surface area contributed by atoms with Crippen LogP contribution < -0.4 is 5.32 Å².